The van der Waals surface area contributed by atoms with E-state index >= 15 is 0 Å². The normalized spacial score (nSPS) is 39.1. The highest BCUT2D eigenvalue weighted by atomic mass is 16.6. The molecule has 0 aromatic rings. The molecule has 1 saturated carbocycles. The number of ketones is 1. The number of aliphatic hydroxyl groups excluding tert-OH is 2. The third-order valence-corrected chi connectivity index (χ3v) is 9.19. The van der Waals surface area contributed by atoms with Crippen LogP contribution in [0.2, 0.25) is 0 Å². The number of esters is 2. The van der Waals surface area contributed by atoms with Crippen molar-refractivity contribution in [3.05, 3.63) is 23.3 Å². The highest BCUT2D eigenvalue weighted by Crippen LogP contribution is 2.63. The quantitative estimate of drug-likeness (QED) is 0.372. The van der Waals surface area contributed by atoms with Gasteiger partial charge in [0.25, 0.3) is 0 Å². The number of rotatable bonds is 5. The Morgan fingerprint density at radius 3 is 2.27 bits per heavy atom. The fraction of sp³-hybridized carbons (Fsp3) is 0.759. The molecule has 0 aromatic carbocycles. The Hall–Kier alpha value is -2.03. The van der Waals surface area contributed by atoms with E-state index < -0.39 is 57.5 Å². The van der Waals surface area contributed by atoms with E-state index in [2.05, 4.69) is 0 Å². The van der Waals surface area contributed by atoms with Crippen molar-refractivity contribution in [3.8, 4) is 0 Å². The van der Waals surface area contributed by atoms with E-state index in [9.17, 15) is 29.7 Å². The molecular formula is C29H44O8. The predicted molar refractivity (Wildman–Crippen MR) is 137 cm³/mol. The summed E-state index contributed by atoms with van der Waals surface area (Å²) in [5.74, 6) is -2.78. The summed E-state index contributed by atoms with van der Waals surface area (Å²) in [4.78, 5) is 39.8. The van der Waals surface area contributed by atoms with Gasteiger partial charge in [-0.25, -0.2) is 0 Å². The van der Waals surface area contributed by atoms with Crippen LogP contribution < -0.4 is 0 Å². The van der Waals surface area contributed by atoms with Crippen LogP contribution in [0.25, 0.3) is 0 Å². The number of hydrogen-bond donors (Lipinski definition) is 3. The standard InChI is InChI=1S/C29H44O8/c1-10-11-20(30)37-27(9)14-17(3)28-13-16(2)21(31)29(28,35)22(32)18(15-36-24(34)25(4,5)6)12-19(23(28)33)26(27,7)8/h12-13,17,19,21-22,31-32,35H,10-11,14-15H2,1-9H3/t17?,19?,21-,22?,27+,28?,29?/m0/s1. The topological polar surface area (TPSA) is 130 Å². The van der Waals surface area contributed by atoms with Crippen LogP contribution in [0.3, 0.4) is 0 Å². The molecule has 8 heteroatoms. The van der Waals surface area contributed by atoms with Gasteiger partial charge in [-0.1, -0.05) is 39.8 Å². The molecule has 1 spiro atoms. The molecule has 5 unspecified atom stereocenters. The number of aliphatic hydroxyl groups is 3. The van der Waals surface area contributed by atoms with Gasteiger partial charge in [0.05, 0.1) is 10.8 Å². The van der Waals surface area contributed by atoms with Crippen LogP contribution in [-0.2, 0) is 23.9 Å². The molecular weight excluding hydrogens is 476 g/mol. The number of fused-ring (bicyclic) bond motifs is 1. The second kappa shape index (κ2) is 9.31. The molecule has 0 heterocycles. The lowest BCUT2D eigenvalue weighted by atomic mass is 9.59. The Morgan fingerprint density at radius 1 is 1.14 bits per heavy atom. The van der Waals surface area contributed by atoms with Crippen molar-refractivity contribution in [1.29, 1.82) is 0 Å². The maximum absolute atomic E-state index is 14.5. The third-order valence-electron chi connectivity index (χ3n) is 9.19. The zero-order chi connectivity index (χ0) is 28.4. The molecule has 0 amide bonds. The van der Waals surface area contributed by atoms with Gasteiger partial charge in [-0.05, 0) is 64.5 Å². The van der Waals surface area contributed by atoms with Crippen LogP contribution >= 0.6 is 0 Å². The fourth-order valence-corrected chi connectivity index (χ4v) is 6.52. The van der Waals surface area contributed by atoms with E-state index in [1.807, 2.05) is 27.7 Å². The Morgan fingerprint density at radius 2 is 1.73 bits per heavy atom. The number of Topliss-reactive ketones (excluding diaryl/α,β-unsaturated/α-hetero) is 1. The number of carbonyl (C=O) groups is 3. The largest absolute Gasteiger partial charge is 0.461 e. The maximum atomic E-state index is 14.5. The lowest BCUT2D eigenvalue weighted by Crippen LogP contribution is -2.65. The second-order valence-electron chi connectivity index (χ2n) is 13.1. The van der Waals surface area contributed by atoms with Gasteiger partial charge in [-0.2, -0.15) is 0 Å². The zero-order valence-corrected chi connectivity index (χ0v) is 23.7. The summed E-state index contributed by atoms with van der Waals surface area (Å²) in [6.45, 7) is 15.5. The van der Waals surface area contributed by atoms with Crippen molar-refractivity contribution in [2.24, 2.45) is 28.1 Å². The molecule has 0 radical (unpaired) electrons. The first-order chi connectivity index (χ1) is 16.8. The number of hydrogen-bond acceptors (Lipinski definition) is 8. The second-order valence-corrected chi connectivity index (χ2v) is 13.1. The van der Waals surface area contributed by atoms with Crippen LogP contribution in [0.4, 0.5) is 0 Å². The van der Waals surface area contributed by atoms with Crippen LogP contribution in [0.1, 0.15) is 81.6 Å². The molecule has 1 fully saturated rings. The molecule has 0 saturated heterocycles. The monoisotopic (exact) mass is 520 g/mol. The molecule has 7 atom stereocenters. The number of ether oxygens (including phenoxy) is 2. The van der Waals surface area contributed by atoms with Gasteiger partial charge >= 0.3 is 11.9 Å². The van der Waals surface area contributed by atoms with Crippen molar-refractivity contribution in [1.82, 2.24) is 0 Å². The van der Waals surface area contributed by atoms with Crippen molar-refractivity contribution in [2.75, 3.05) is 6.61 Å². The molecule has 3 rings (SSSR count). The average Bonchev–Trinajstić information content (AvgIpc) is 2.93. The molecule has 208 valence electrons. The van der Waals surface area contributed by atoms with Crippen LogP contribution in [0, 0.1) is 28.1 Å². The number of allylic oxidation sites excluding steroid dienone is 1. The van der Waals surface area contributed by atoms with Crippen molar-refractivity contribution in [2.45, 2.75) is 105 Å². The van der Waals surface area contributed by atoms with Gasteiger partial charge in [0, 0.05) is 17.8 Å². The Labute approximate surface area is 220 Å². The SMILES string of the molecule is CCCC(=O)O[C@]1(C)CC(C)C23C=C(C)[C@H](O)C2(O)C(O)C(COC(=O)C(C)(C)C)=CC(C3=O)C1(C)C. The number of carbonyl (C=O) groups excluding carboxylic acids is 3. The van der Waals surface area contributed by atoms with Crippen molar-refractivity contribution >= 4 is 17.7 Å². The summed E-state index contributed by atoms with van der Waals surface area (Å²) in [6, 6.07) is 0. The summed E-state index contributed by atoms with van der Waals surface area (Å²) in [7, 11) is 0. The maximum Gasteiger partial charge on any atom is 0.311 e. The van der Waals surface area contributed by atoms with Gasteiger partial charge in [0.15, 0.2) is 5.78 Å². The van der Waals surface area contributed by atoms with E-state index in [4.69, 9.17) is 9.47 Å². The molecule has 37 heavy (non-hydrogen) atoms. The van der Waals surface area contributed by atoms with Gasteiger partial charge in [0.1, 0.15) is 30.0 Å². The summed E-state index contributed by atoms with van der Waals surface area (Å²) in [5, 5.41) is 35.1. The minimum atomic E-state index is -2.29. The first-order valence-electron chi connectivity index (χ1n) is 13.2. The zero-order valence-electron chi connectivity index (χ0n) is 23.7. The third kappa shape index (κ3) is 4.20. The predicted octanol–water partition coefficient (Wildman–Crippen LogP) is 3.27. The summed E-state index contributed by atoms with van der Waals surface area (Å²) < 4.78 is 11.6. The van der Waals surface area contributed by atoms with E-state index in [0.717, 1.165) is 0 Å². The highest BCUT2D eigenvalue weighted by molar-refractivity contribution is 5.95. The molecule has 0 aromatic heterocycles. The molecule has 8 nitrogen and oxygen atoms in total. The van der Waals surface area contributed by atoms with Gasteiger partial charge < -0.3 is 24.8 Å². The molecule has 0 aliphatic heterocycles. The van der Waals surface area contributed by atoms with Crippen molar-refractivity contribution in [3.63, 3.8) is 0 Å². The molecule has 2 bridgehead atoms. The summed E-state index contributed by atoms with van der Waals surface area (Å²) in [5.41, 5.74) is -6.32. The van der Waals surface area contributed by atoms with Crippen LogP contribution in [0.5, 0.6) is 0 Å². The van der Waals surface area contributed by atoms with Gasteiger partial charge in [-0.3, -0.25) is 14.4 Å². The Bertz CT molecular complexity index is 1030. The van der Waals surface area contributed by atoms with E-state index in [-0.39, 0.29) is 36.8 Å². The average molecular weight is 521 g/mol. The van der Waals surface area contributed by atoms with E-state index in [0.29, 0.717) is 12.0 Å². The summed E-state index contributed by atoms with van der Waals surface area (Å²) >= 11 is 0. The molecule has 3 aliphatic carbocycles. The first kappa shape index (κ1) is 29.5. The van der Waals surface area contributed by atoms with E-state index in [1.165, 1.54) is 0 Å². The minimum absolute atomic E-state index is 0.131. The van der Waals surface area contributed by atoms with E-state index in [1.54, 1.807) is 46.8 Å². The molecule has 3 aliphatic rings. The lowest BCUT2D eigenvalue weighted by Gasteiger charge is -2.48. The van der Waals surface area contributed by atoms with Crippen LogP contribution in [0.15, 0.2) is 23.3 Å². The smallest absolute Gasteiger partial charge is 0.311 e. The Kier molecular flexibility index (Phi) is 7.43. The van der Waals surface area contributed by atoms with Crippen LogP contribution in [-0.4, -0.2) is 63.1 Å². The fourth-order valence-electron chi connectivity index (χ4n) is 6.52. The Balaban J connectivity index is 2.25. The summed E-state index contributed by atoms with van der Waals surface area (Å²) in [6.07, 6.45) is 1.02. The highest BCUT2D eigenvalue weighted by Gasteiger charge is 2.73. The lowest BCUT2D eigenvalue weighted by molar-refractivity contribution is -0.192. The van der Waals surface area contributed by atoms with Gasteiger partial charge in [-0.15, -0.1) is 0 Å². The van der Waals surface area contributed by atoms with Gasteiger partial charge in [0.2, 0.25) is 0 Å². The first-order valence-corrected chi connectivity index (χ1v) is 13.2. The molecule has 3 N–H and O–H groups in total. The minimum Gasteiger partial charge on any atom is -0.461 e. The van der Waals surface area contributed by atoms with Crippen molar-refractivity contribution < 1.29 is 39.2 Å².